The lowest BCUT2D eigenvalue weighted by molar-refractivity contribution is 0.264. The van der Waals surface area contributed by atoms with Crippen LogP contribution in [0.5, 0.6) is 0 Å². The molecule has 9 heteroatoms. The second kappa shape index (κ2) is 8.25. The van der Waals surface area contributed by atoms with Crippen molar-refractivity contribution in [3.63, 3.8) is 0 Å². The molecule has 0 aliphatic carbocycles. The average Bonchev–Trinajstić information content (AvgIpc) is 3.10. The fraction of sp³-hybridized carbons (Fsp3) is 0.208. The molecule has 4 rings (SSSR count). The van der Waals surface area contributed by atoms with E-state index >= 15 is 4.39 Å². The van der Waals surface area contributed by atoms with E-state index in [4.69, 9.17) is 0 Å². The molecule has 4 aromatic rings. The lowest BCUT2D eigenvalue weighted by Gasteiger charge is -2.15. The van der Waals surface area contributed by atoms with Crippen molar-refractivity contribution >= 4 is 16.3 Å². The van der Waals surface area contributed by atoms with Gasteiger partial charge in [-0.3, -0.25) is 13.9 Å². The van der Waals surface area contributed by atoms with E-state index in [1.165, 1.54) is 29.0 Å². The summed E-state index contributed by atoms with van der Waals surface area (Å²) in [7, 11) is 0. The third-order valence-electron chi connectivity index (χ3n) is 5.53. The number of rotatable bonds is 5. The van der Waals surface area contributed by atoms with Crippen LogP contribution < -0.4 is 11.2 Å². The van der Waals surface area contributed by atoms with Gasteiger partial charge in [-0.15, -0.1) is 5.10 Å². The molecule has 0 bridgehead atoms. The number of aryl methyl sites for hydroxylation is 1. The lowest BCUT2D eigenvalue weighted by Crippen LogP contribution is -2.25. The van der Waals surface area contributed by atoms with Crippen LogP contribution in [0.3, 0.4) is 0 Å². The van der Waals surface area contributed by atoms with E-state index in [0.717, 1.165) is 20.9 Å². The highest BCUT2D eigenvalue weighted by Gasteiger charge is 2.20. The van der Waals surface area contributed by atoms with Crippen molar-refractivity contribution in [3.05, 3.63) is 92.5 Å². The van der Waals surface area contributed by atoms with Crippen molar-refractivity contribution in [2.75, 3.05) is 0 Å². The lowest BCUT2D eigenvalue weighted by atomic mass is 10.0. The molecule has 170 valence electrons. The Morgan fingerprint density at radius 2 is 1.82 bits per heavy atom. The van der Waals surface area contributed by atoms with Gasteiger partial charge in [0, 0.05) is 18.3 Å². The molecule has 0 radical (unpaired) electrons. The van der Waals surface area contributed by atoms with Gasteiger partial charge < -0.3 is 5.11 Å². The molecule has 2 aromatic carbocycles. The van der Waals surface area contributed by atoms with Gasteiger partial charge in [0.1, 0.15) is 23.9 Å². The van der Waals surface area contributed by atoms with Crippen molar-refractivity contribution < 1.29 is 13.9 Å². The molecule has 2 aromatic heterocycles. The number of benzene rings is 2. The van der Waals surface area contributed by atoms with Gasteiger partial charge in [0.15, 0.2) is 5.82 Å². The van der Waals surface area contributed by atoms with Crippen LogP contribution in [0.4, 0.5) is 8.78 Å². The fourth-order valence-electron chi connectivity index (χ4n) is 3.87. The van der Waals surface area contributed by atoms with Gasteiger partial charge in [0.05, 0.1) is 11.1 Å². The molecular weight excluding hydrogens is 430 g/mol. The molecule has 0 unspecified atom stereocenters. The molecule has 7 nitrogen and oxygen atoms in total. The molecule has 0 saturated carbocycles. The number of aliphatic hydroxyl groups excluding tert-OH is 1. The maximum atomic E-state index is 15.2. The number of allylic oxidation sites excluding steroid dienone is 1. The first-order chi connectivity index (χ1) is 15.7. The summed E-state index contributed by atoms with van der Waals surface area (Å²) in [5.41, 5.74) is 0.427. The van der Waals surface area contributed by atoms with E-state index in [0.29, 0.717) is 16.5 Å². The Morgan fingerprint density at radius 3 is 2.42 bits per heavy atom. The van der Waals surface area contributed by atoms with Crippen LogP contribution in [0.15, 0.2) is 52.7 Å². The summed E-state index contributed by atoms with van der Waals surface area (Å²) in [6, 6.07) is 6.75. The number of aliphatic hydroxyl groups is 1. The van der Waals surface area contributed by atoms with Crippen molar-refractivity contribution in [2.24, 2.45) is 0 Å². The summed E-state index contributed by atoms with van der Waals surface area (Å²) in [6.07, 6.45) is 1.46. The highest BCUT2D eigenvalue weighted by atomic mass is 19.1. The highest BCUT2D eigenvalue weighted by Crippen LogP contribution is 2.27. The van der Waals surface area contributed by atoms with Gasteiger partial charge in [-0.1, -0.05) is 12.6 Å². The zero-order valence-electron chi connectivity index (χ0n) is 18.4. The number of fused-ring (bicyclic) bond motifs is 1. The van der Waals surface area contributed by atoms with E-state index in [-0.39, 0.29) is 29.1 Å². The van der Waals surface area contributed by atoms with Crippen LogP contribution in [-0.4, -0.2) is 24.0 Å². The van der Waals surface area contributed by atoms with Crippen molar-refractivity contribution in [1.29, 1.82) is 0 Å². The topological polar surface area (TPSA) is 82.0 Å². The van der Waals surface area contributed by atoms with Gasteiger partial charge in [-0.05, 0) is 61.6 Å². The predicted octanol–water partition coefficient (Wildman–Crippen LogP) is 3.47. The summed E-state index contributed by atoms with van der Waals surface area (Å²) in [6.45, 7) is 8.88. The molecule has 2 heterocycles. The molecular formula is C24H22F2N4O3. The second-order valence-corrected chi connectivity index (χ2v) is 7.82. The Labute approximate surface area is 187 Å². The van der Waals surface area contributed by atoms with E-state index in [1.54, 1.807) is 26.8 Å². The van der Waals surface area contributed by atoms with Crippen LogP contribution in [0.1, 0.15) is 30.8 Å². The number of hydrogen-bond acceptors (Lipinski definition) is 4. The van der Waals surface area contributed by atoms with Gasteiger partial charge in [-0.25, -0.2) is 13.6 Å². The third kappa shape index (κ3) is 3.60. The number of nitrogens with zero attached hydrogens (tertiary/aromatic N) is 4. The molecule has 0 saturated heterocycles. The zero-order chi connectivity index (χ0) is 24.0. The minimum atomic E-state index is -0.859. The maximum Gasteiger partial charge on any atom is 0.350 e. The summed E-state index contributed by atoms with van der Waals surface area (Å²) in [5.74, 6) is -1.37. The Kier molecular flexibility index (Phi) is 5.59. The Bertz CT molecular complexity index is 1550. The van der Waals surface area contributed by atoms with Crippen molar-refractivity contribution in [3.8, 4) is 11.4 Å². The summed E-state index contributed by atoms with van der Waals surface area (Å²) in [5, 5.41) is 13.9. The quantitative estimate of drug-likeness (QED) is 0.503. The summed E-state index contributed by atoms with van der Waals surface area (Å²) >= 11 is 0. The van der Waals surface area contributed by atoms with E-state index in [9.17, 15) is 19.1 Å². The second-order valence-electron chi connectivity index (χ2n) is 7.82. The molecule has 1 N–H and O–H groups in total. The number of aromatic nitrogens is 4. The monoisotopic (exact) mass is 452 g/mol. The van der Waals surface area contributed by atoms with E-state index < -0.39 is 29.5 Å². The molecule has 0 aliphatic rings. The number of pyridine rings is 1. The predicted molar refractivity (Wildman–Crippen MR) is 122 cm³/mol. The zero-order valence-corrected chi connectivity index (χ0v) is 18.4. The number of hydrogen-bond donors (Lipinski definition) is 1. The van der Waals surface area contributed by atoms with Crippen molar-refractivity contribution in [1.82, 2.24) is 18.9 Å². The molecule has 0 aliphatic heterocycles. The first-order valence-corrected chi connectivity index (χ1v) is 10.3. The largest absolute Gasteiger partial charge is 0.388 e. The maximum absolute atomic E-state index is 15.2. The van der Waals surface area contributed by atoms with Crippen LogP contribution in [-0.2, 0) is 13.2 Å². The Hall–Kier alpha value is -3.85. The van der Waals surface area contributed by atoms with Gasteiger partial charge in [0.25, 0.3) is 5.56 Å². The van der Waals surface area contributed by atoms with Crippen LogP contribution in [0.2, 0.25) is 0 Å². The molecule has 0 atom stereocenters. The molecule has 0 fully saturated rings. The van der Waals surface area contributed by atoms with Crippen molar-refractivity contribution in [2.45, 2.75) is 33.9 Å². The third-order valence-corrected chi connectivity index (χ3v) is 5.53. The van der Waals surface area contributed by atoms with Gasteiger partial charge >= 0.3 is 5.69 Å². The summed E-state index contributed by atoms with van der Waals surface area (Å²) < 4.78 is 33.0. The van der Waals surface area contributed by atoms with E-state index in [2.05, 4.69) is 11.7 Å². The van der Waals surface area contributed by atoms with Crippen LogP contribution in [0, 0.1) is 18.6 Å². The minimum Gasteiger partial charge on any atom is -0.388 e. The number of halogens is 2. The normalized spacial score (nSPS) is 11.3. The molecule has 0 spiro atoms. The summed E-state index contributed by atoms with van der Waals surface area (Å²) in [4.78, 5) is 26.0. The van der Waals surface area contributed by atoms with E-state index in [1.807, 2.05) is 0 Å². The first-order valence-electron chi connectivity index (χ1n) is 10.3. The average molecular weight is 452 g/mol. The Morgan fingerprint density at radius 1 is 1.09 bits per heavy atom. The molecule has 33 heavy (non-hydrogen) atoms. The fourth-order valence-corrected chi connectivity index (χ4v) is 3.87. The van der Waals surface area contributed by atoms with Gasteiger partial charge in [-0.2, -0.15) is 4.68 Å². The smallest absolute Gasteiger partial charge is 0.350 e. The van der Waals surface area contributed by atoms with Crippen LogP contribution >= 0.6 is 0 Å². The van der Waals surface area contributed by atoms with Gasteiger partial charge in [0.2, 0.25) is 0 Å². The molecule has 0 amide bonds. The first kappa shape index (κ1) is 22.3. The Balaban J connectivity index is 2.07. The minimum absolute atomic E-state index is 0.00279. The SMILES string of the molecule is C=C(C)c1cn(-c2cc(C)ccc2F)c(=O)c2cc(F)c(-n3nc(CO)n(CC)c3=O)cc12. The highest BCUT2D eigenvalue weighted by molar-refractivity contribution is 5.94. The van der Waals surface area contributed by atoms with Crippen LogP contribution in [0.25, 0.3) is 27.7 Å². The standard InChI is InChI=1S/C24H22F2N4O3/c1-5-28-22(12-31)27-30(24(28)33)21-10-15-16(9-19(21)26)23(32)29(11-17(15)13(2)3)20-8-14(4)6-7-18(20)25/h6-11,31H,2,5,12H2,1,3-4H3.